The molecule has 6 nitrogen and oxygen atoms in total. The Bertz CT molecular complexity index is 1570. The van der Waals surface area contributed by atoms with Crippen molar-refractivity contribution >= 4 is 39.2 Å². The van der Waals surface area contributed by atoms with Crippen molar-refractivity contribution in [1.82, 2.24) is 9.62 Å². The van der Waals surface area contributed by atoms with Gasteiger partial charge in [-0.05, 0) is 67.3 Å². The van der Waals surface area contributed by atoms with E-state index in [0.717, 1.165) is 16.7 Å². The third kappa shape index (κ3) is 8.43. The lowest BCUT2D eigenvalue weighted by Gasteiger charge is -2.31. The van der Waals surface area contributed by atoms with E-state index < -0.39 is 28.0 Å². The number of nitrogens with one attached hydrogen (secondary N) is 1. The Balaban J connectivity index is 1.69. The van der Waals surface area contributed by atoms with Gasteiger partial charge in [-0.2, -0.15) is 4.31 Å². The van der Waals surface area contributed by atoms with Gasteiger partial charge >= 0.3 is 5.97 Å². The molecule has 0 bridgehead atoms. The van der Waals surface area contributed by atoms with Gasteiger partial charge in [0.25, 0.3) is 0 Å². The van der Waals surface area contributed by atoms with Gasteiger partial charge in [-0.25, -0.2) is 8.42 Å². The maximum Gasteiger partial charge on any atom is 0.309 e. The third-order valence-electron chi connectivity index (χ3n) is 7.19. The summed E-state index contributed by atoms with van der Waals surface area (Å²) in [5, 5.41) is 14.6. The summed E-state index contributed by atoms with van der Waals surface area (Å²) >= 11 is 12.8. The summed E-state index contributed by atoms with van der Waals surface area (Å²) in [5.74, 6) is -2.29. The molecule has 2 unspecified atom stereocenters. The van der Waals surface area contributed by atoms with Crippen molar-refractivity contribution in [3.05, 3.63) is 135 Å². The summed E-state index contributed by atoms with van der Waals surface area (Å²) in [6.45, 7) is 2.17. The molecule has 0 radical (unpaired) electrons. The lowest BCUT2D eigenvalue weighted by atomic mass is 9.92. The average molecular weight is 626 g/mol. The second-order valence-electron chi connectivity index (χ2n) is 10.2. The van der Waals surface area contributed by atoms with Gasteiger partial charge in [0.05, 0.1) is 10.8 Å². The molecule has 0 aliphatic rings. The summed E-state index contributed by atoms with van der Waals surface area (Å²) in [7, 11) is -4.02. The van der Waals surface area contributed by atoms with Crippen LogP contribution in [0, 0.1) is 12.8 Å². The second-order valence-corrected chi connectivity index (χ2v) is 13.0. The van der Waals surface area contributed by atoms with E-state index in [0.29, 0.717) is 35.0 Å². The molecule has 4 aromatic carbocycles. The Morgan fingerprint density at radius 3 is 2.02 bits per heavy atom. The standard InChI is InChI=1S/C33H34Cl2N2O4S/c1-24-12-15-28(16-13-24)42(40,41)37(21-19-26-10-6-3-7-11-26)23-30(33(38)39)32(29-17-14-27(34)22-31(29)35)36-20-18-25-8-4-2-5-9-25/h2-17,22,30,32,36H,18-21,23H2,1H3,(H,38,39). The first-order valence-corrected chi connectivity index (χ1v) is 15.9. The number of sulfonamides is 1. The number of aryl methyl sites for hydroxylation is 1. The smallest absolute Gasteiger partial charge is 0.309 e. The highest BCUT2D eigenvalue weighted by Crippen LogP contribution is 2.33. The minimum atomic E-state index is -4.02. The maximum atomic E-state index is 14.0. The molecule has 0 aliphatic carbocycles. The number of hydrogen-bond donors (Lipinski definition) is 2. The van der Waals surface area contributed by atoms with Crippen LogP contribution in [0.15, 0.2) is 108 Å². The highest BCUT2D eigenvalue weighted by atomic mass is 35.5. The van der Waals surface area contributed by atoms with Gasteiger partial charge in [0, 0.05) is 29.2 Å². The van der Waals surface area contributed by atoms with Crippen LogP contribution in [-0.4, -0.2) is 43.4 Å². The highest BCUT2D eigenvalue weighted by Gasteiger charge is 2.36. The quantitative estimate of drug-likeness (QED) is 0.161. The Morgan fingerprint density at radius 1 is 0.857 bits per heavy atom. The average Bonchev–Trinajstić information content (AvgIpc) is 2.97. The Kier molecular flexibility index (Phi) is 11.2. The van der Waals surface area contributed by atoms with Gasteiger partial charge in [0.2, 0.25) is 10.0 Å². The number of carboxylic acids is 1. The van der Waals surface area contributed by atoms with Crippen LogP contribution in [0.25, 0.3) is 0 Å². The van der Waals surface area contributed by atoms with E-state index >= 15 is 0 Å². The summed E-state index contributed by atoms with van der Waals surface area (Å²) in [5.41, 5.74) is 3.50. The number of carbonyl (C=O) groups is 1. The van der Waals surface area contributed by atoms with Gasteiger partial charge in [-0.3, -0.25) is 4.79 Å². The molecule has 4 aromatic rings. The van der Waals surface area contributed by atoms with E-state index in [1.54, 1.807) is 42.5 Å². The Labute approximate surface area is 258 Å². The molecule has 9 heteroatoms. The third-order valence-corrected chi connectivity index (χ3v) is 9.63. The van der Waals surface area contributed by atoms with E-state index in [1.165, 1.54) is 4.31 Å². The fraction of sp³-hybridized carbons (Fsp3) is 0.242. The number of aliphatic carboxylic acids is 1. The molecule has 0 amide bonds. The van der Waals surface area contributed by atoms with Crippen LogP contribution >= 0.6 is 23.2 Å². The van der Waals surface area contributed by atoms with Crippen LogP contribution in [0.3, 0.4) is 0 Å². The molecule has 42 heavy (non-hydrogen) atoms. The number of benzene rings is 4. The summed E-state index contributed by atoms with van der Waals surface area (Å²) in [4.78, 5) is 13.0. The molecule has 0 aromatic heterocycles. The first kappa shape index (κ1) is 31.7. The lowest BCUT2D eigenvalue weighted by Crippen LogP contribution is -2.44. The normalized spacial score (nSPS) is 13.1. The van der Waals surface area contributed by atoms with E-state index in [4.69, 9.17) is 23.2 Å². The molecule has 0 aliphatic heterocycles. The maximum absolute atomic E-state index is 14.0. The molecule has 220 valence electrons. The van der Waals surface area contributed by atoms with Crippen LogP contribution in [0.5, 0.6) is 0 Å². The van der Waals surface area contributed by atoms with Gasteiger partial charge < -0.3 is 10.4 Å². The van der Waals surface area contributed by atoms with E-state index in [2.05, 4.69) is 5.32 Å². The molecule has 4 rings (SSSR count). The minimum absolute atomic E-state index is 0.106. The molecule has 2 atom stereocenters. The zero-order valence-electron chi connectivity index (χ0n) is 23.3. The van der Waals surface area contributed by atoms with Gasteiger partial charge in [0.1, 0.15) is 0 Å². The number of halogens is 2. The molecule has 0 spiro atoms. The van der Waals surface area contributed by atoms with Crippen molar-refractivity contribution in [2.75, 3.05) is 19.6 Å². The van der Waals surface area contributed by atoms with Crippen molar-refractivity contribution in [3.8, 4) is 0 Å². The number of nitrogens with zero attached hydrogens (tertiary/aromatic N) is 1. The molecule has 0 saturated heterocycles. The predicted octanol–water partition coefficient (Wildman–Crippen LogP) is 6.81. The van der Waals surface area contributed by atoms with Crippen molar-refractivity contribution in [3.63, 3.8) is 0 Å². The van der Waals surface area contributed by atoms with E-state index in [-0.39, 0.29) is 18.0 Å². The summed E-state index contributed by atoms with van der Waals surface area (Å²) < 4.78 is 29.2. The van der Waals surface area contributed by atoms with Crippen molar-refractivity contribution in [1.29, 1.82) is 0 Å². The molecule has 0 heterocycles. The van der Waals surface area contributed by atoms with Crippen LogP contribution in [0.1, 0.15) is 28.3 Å². The topological polar surface area (TPSA) is 86.7 Å². The number of hydrogen-bond acceptors (Lipinski definition) is 4. The van der Waals surface area contributed by atoms with Crippen LogP contribution in [0.2, 0.25) is 10.0 Å². The Hall–Kier alpha value is -3.20. The molecule has 0 saturated carbocycles. The fourth-order valence-corrected chi connectivity index (χ4v) is 6.84. The molecular formula is C33H34Cl2N2O4S. The molecule has 0 fully saturated rings. The fourth-order valence-electron chi connectivity index (χ4n) is 4.85. The predicted molar refractivity (Wildman–Crippen MR) is 169 cm³/mol. The zero-order valence-corrected chi connectivity index (χ0v) is 25.6. The zero-order chi connectivity index (χ0) is 30.1. The van der Waals surface area contributed by atoms with Crippen molar-refractivity contribution in [2.45, 2.75) is 30.7 Å². The van der Waals surface area contributed by atoms with E-state index in [1.807, 2.05) is 67.6 Å². The highest BCUT2D eigenvalue weighted by molar-refractivity contribution is 7.89. The van der Waals surface area contributed by atoms with Gasteiger partial charge in [-0.15, -0.1) is 0 Å². The lowest BCUT2D eigenvalue weighted by molar-refractivity contribution is -0.143. The van der Waals surface area contributed by atoms with Crippen molar-refractivity contribution in [2.24, 2.45) is 5.92 Å². The monoisotopic (exact) mass is 624 g/mol. The van der Waals surface area contributed by atoms with Crippen molar-refractivity contribution < 1.29 is 18.3 Å². The Morgan fingerprint density at radius 2 is 1.45 bits per heavy atom. The number of carboxylic acid groups (broad SMARTS) is 1. The SMILES string of the molecule is Cc1ccc(S(=O)(=O)N(CCc2ccccc2)CC(C(=O)O)C(NCCc2ccccc2)c2ccc(Cl)cc2Cl)cc1. The largest absolute Gasteiger partial charge is 0.481 e. The molecule has 2 N–H and O–H groups in total. The number of rotatable bonds is 14. The molecular weight excluding hydrogens is 591 g/mol. The van der Waals surface area contributed by atoms with Crippen LogP contribution in [0.4, 0.5) is 0 Å². The first-order chi connectivity index (χ1) is 20.1. The summed E-state index contributed by atoms with van der Waals surface area (Å²) in [6, 6.07) is 30.1. The van der Waals surface area contributed by atoms with Gasteiger partial charge in [0.15, 0.2) is 0 Å². The van der Waals surface area contributed by atoms with Gasteiger partial charge in [-0.1, -0.05) is 108 Å². The van der Waals surface area contributed by atoms with E-state index in [9.17, 15) is 18.3 Å². The summed E-state index contributed by atoms with van der Waals surface area (Å²) in [6.07, 6.45) is 1.07. The first-order valence-electron chi connectivity index (χ1n) is 13.7. The van der Waals surface area contributed by atoms with Crippen LogP contribution in [-0.2, 0) is 27.7 Å². The second kappa shape index (κ2) is 14.8. The van der Waals surface area contributed by atoms with Crippen LogP contribution < -0.4 is 5.32 Å². The minimum Gasteiger partial charge on any atom is -0.481 e.